The summed E-state index contributed by atoms with van der Waals surface area (Å²) in [5.74, 6) is -1.40. The Balaban J connectivity index is 1.21. The summed E-state index contributed by atoms with van der Waals surface area (Å²) in [6, 6.07) is 24.7. The number of carbonyl (C=O) groups is 5. The molecule has 0 bridgehead atoms. The lowest BCUT2D eigenvalue weighted by Gasteiger charge is -2.12. The highest BCUT2D eigenvalue weighted by Crippen LogP contribution is 2.30. The molecule has 0 N–H and O–H groups in total. The first kappa shape index (κ1) is 42.1. The van der Waals surface area contributed by atoms with Crippen LogP contribution in [0.4, 0.5) is 0 Å². The van der Waals surface area contributed by atoms with Gasteiger partial charge in [0.05, 0.1) is 50.2 Å². The van der Waals surface area contributed by atoms with Crippen molar-refractivity contribution in [3.63, 3.8) is 0 Å². The number of rotatable bonds is 22. The molecule has 0 spiro atoms. The lowest BCUT2D eigenvalue weighted by molar-refractivity contribution is -0.138. The van der Waals surface area contributed by atoms with Crippen LogP contribution in [0.15, 0.2) is 116 Å². The number of methoxy groups -OCH3 is 1. The second-order valence-corrected chi connectivity index (χ2v) is 12.1. The SMILES string of the molecule is C=CC(=O)OCCCCCCOc1ccc(C(=O)Oc2ccc(C(=O)Oc3ccc(-c4ccc(C(=O)OCCCCOC(=O)C=C)cc4)cc3)cc2OC)cc1. The summed E-state index contributed by atoms with van der Waals surface area (Å²) in [4.78, 5) is 60.4. The van der Waals surface area contributed by atoms with Crippen LogP contribution in [0, 0.1) is 0 Å². The van der Waals surface area contributed by atoms with Gasteiger partial charge in [-0.3, -0.25) is 0 Å². The molecule has 12 nitrogen and oxygen atoms in total. The lowest BCUT2D eigenvalue weighted by Crippen LogP contribution is -2.11. The van der Waals surface area contributed by atoms with Crippen LogP contribution in [0.25, 0.3) is 11.1 Å². The Labute approximate surface area is 325 Å². The van der Waals surface area contributed by atoms with Gasteiger partial charge < -0.3 is 33.2 Å². The van der Waals surface area contributed by atoms with Gasteiger partial charge in [0.25, 0.3) is 0 Å². The molecule has 0 heterocycles. The molecule has 4 aromatic carbocycles. The van der Waals surface area contributed by atoms with E-state index in [4.69, 9.17) is 33.2 Å². The summed E-state index contributed by atoms with van der Waals surface area (Å²) in [6.45, 7) is 8.00. The fraction of sp³-hybridized carbons (Fsp3) is 0.250. The fourth-order valence-electron chi connectivity index (χ4n) is 5.07. The number of hydrogen-bond acceptors (Lipinski definition) is 12. The van der Waals surface area contributed by atoms with E-state index in [2.05, 4.69) is 13.2 Å². The third-order valence-corrected chi connectivity index (χ3v) is 8.11. The predicted molar refractivity (Wildman–Crippen MR) is 207 cm³/mol. The Kier molecular flexibility index (Phi) is 16.9. The average molecular weight is 765 g/mol. The highest BCUT2D eigenvalue weighted by molar-refractivity contribution is 5.94. The van der Waals surface area contributed by atoms with Crippen LogP contribution in [-0.2, 0) is 23.8 Å². The van der Waals surface area contributed by atoms with E-state index >= 15 is 0 Å². The second-order valence-electron chi connectivity index (χ2n) is 12.1. The molecule has 0 saturated heterocycles. The van der Waals surface area contributed by atoms with Crippen molar-refractivity contribution in [1.29, 1.82) is 0 Å². The summed E-state index contributed by atoms with van der Waals surface area (Å²) in [5.41, 5.74) is 2.56. The molecule has 0 radical (unpaired) electrons. The van der Waals surface area contributed by atoms with E-state index in [-0.39, 0.29) is 30.3 Å². The van der Waals surface area contributed by atoms with Gasteiger partial charge in [0.1, 0.15) is 11.5 Å². The molecule has 0 aromatic heterocycles. The fourth-order valence-corrected chi connectivity index (χ4v) is 5.07. The van der Waals surface area contributed by atoms with E-state index < -0.39 is 29.8 Å². The molecule has 0 atom stereocenters. The van der Waals surface area contributed by atoms with Crippen molar-refractivity contribution in [3.8, 4) is 34.1 Å². The number of unbranched alkanes of at least 4 members (excludes halogenated alkanes) is 4. The molecule has 0 saturated carbocycles. The van der Waals surface area contributed by atoms with Crippen molar-refractivity contribution >= 4 is 29.8 Å². The zero-order chi connectivity index (χ0) is 40.1. The maximum absolute atomic E-state index is 13.0. The monoisotopic (exact) mass is 764 g/mol. The van der Waals surface area contributed by atoms with Gasteiger partial charge in [-0.1, -0.05) is 37.4 Å². The van der Waals surface area contributed by atoms with Crippen molar-refractivity contribution in [1.82, 2.24) is 0 Å². The van der Waals surface area contributed by atoms with E-state index in [0.29, 0.717) is 48.7 Å². The van der Waals surface area contributed by atoms with Crippen LogP contribution < -0.4 is 18.9 Å². The summed E-state index contributed by atoms with van der Waals surface area (Å²) < 4.78 is 37.4. The summed E-state index contributed by atoms with van der Waals surface area (Å²) in [5, 5.41) is 0. The predicted octanol–water partition coefficient (Wildman–Crippen LogP) is 8.14. The third kappa shape index (κ3) is 13.6. The van der Waals surface area contributed by atoms with Crippen molar-refractivity contribution in [3.05, 3.63) is 133 Å². The molecule has 4 rings (SSSR count). The molecule has 56 heavy (non-hydrogen) atoms. The van der Waals surface area contributed by atoms with Crippen molar-refractivity contribution in [2.45, 2.75) is 38.5 Å². The molecule has 0 amide bonds. The highest BCUT2D eigenvalue weighted by atomic mass is 16.6. The zero-order valence-corrected chi connectivity index (χ0v) is 31.2. The van der Waals surface area contributed by atoms with Crippen LogP contribution in [0.1, 0.15) is 69.6 Å². The number of carbonyl (C=O) groups excluding carboxylic acids is 5. The Hall–Kier alpha value is -6.69. The smallest absolute Gasteiger partial charge is 0.343 e. The van der Waals surface area contributed by atoms with E-state index in [0.717, 1.165) is 49.0 Å². The van der Waals surface area contributed by atoms with Crippen LogP contribution in [0.3, 0.4) is 0 Å². The maximum atomic E-state index is 13.0. The van der Waals surface area contributed by atoms with Gasteiger partial charge in [-0.25, -0.2) is 24.0 Å². The number of esters is 5. The first-order valence-corrected chi connectivity index (χ1v) is 18.0. The lowest BCUT2D eigenvalue weighted by atomic mass is 10.0. The minimum absolute atomic E-state index is 0.126. The first-order chi connectivity index (χ1) is 27.2. The van der Waals surface area contributed by atoms with Crippen molar-refractivity contribution in [2.75, 3.05) is 33.5 Å². The van der Waals surface area contributed by atoms with Gasteiger partial charge >= 0.3 is 29.8 Å². The molecule has 292 valence electrons. The standard InChI is InChI=1S/C44H44O12/c1-4-40(45)52-27-9-7-6-8-26-51-36-21-18-34(19-22-36)43(48)56-38-25-20-35(30-39(38)50-3)44(49)55-37-23-16-32(17-24-37)31-12-14-33(15-13-31)42(47)54-29-11-10-28-53-41(46)5-2/h4-5,12-25,30H,1-2,6-11,26-29H2,3H3. The quantitative estimate of drug-likeness (QED) is 0.0250. The van der Waals surface area contributed by atoms with Gasteiger partial charge in [0.2, 0.25) is 0 Å². The van der Waals surface area contributed by atoms with E-state index in [9.17, 15) is 24.0 Å². The second kappa shape index (κ2) is 22.5. The summed E-state index contributed by atoms with van der Waals surface area (Å²) in [7, 11) is 1.40. The van der Waals surface area contributed by atoms with Gasteiger partial charge in [-0.05, 0) is 116 Å². The Morgan fingerprint density at radius 3 is 1.54 bits per heavy atom. The number of benzene rings is 4. The summed E-state index contributed by atoms with van der Waals surface area (Å²) >= 11 is 0. The minimum Gasteiger partial charge on any atom is -0.494 e. The largest absolute Gasteiger partial charge is 0.494 e. The molecule has 4 aromatic rings. The normalized spacial score (nSPS) is 10.4. The first-order valence-electron chi connectivity index (χ1n) is 18.0. The molecular weight excluding hydrogens is 720 g/mol. The van der Waals surface area contributed by atoms with Crippen molar-refractivity contribution in [2.24, 2.45) is 0 Å². The zero-order valence-electron chi connectivity index (χ0n) is 31.2. The molecule has 0 fully saturated rings. The van der Waals surface area contributed by atoms with Crippen molar-refractivity contribution < 1.29 is 57.1 Å². The molecule has 0 aliphatic heterocycles. The van der Waals surface area contributed by atoms with Gasteiger partial charge in [0.15, 0.2) is 11.5 Å². The molecule has 0 aliphatic carbocycles. The number of ether oxygens (including phenoxy) is 7. The molecule has 0 aliphatic rings. The van der Waals surface area contributed by atoms with Gasteiger partial charge in [-0.15, -0.1) is 0 Å². The van der Waals surface area contributed by atoms with Gasteiger partial charge in [-0.2, -0.15) is 0 Å². The maximum Gasteiger partial charge on any atom is 0.343 e. The Morgan fingerprint density at radius 2 is 0.946 bits per heavy atom. The van der Waals surface area contributed by atoms with Crippen LogP contribution in [0.2, 0.25) is 0 Å². The Morgan fingerprint density at radius 1 is 0.482 bits per heavy atom. The van der Waals surface area contributed by atoms with E-state index in [1.165, 1.54) is 25.3 Å². The minimum atomic E-state index is -0.640. The van der Waals surface area contributed by atoms with Gasteiger partial charge in [0, 0.05) is 12.2 Å². The summed E-state index contributed by atoms with van der Waals surface area (Å²) in [6.07, 6.45) is 6.78. The highest BCUT2D eigenvalue weighted by Gasteiger charge is 2.17. The third-order valence-electron chi connectivity index (χ3n) is 8.11. The van der Waals surface area contributed by atoms with Crippen LogP contribution >= 0.6 is 0 Å². The molecule has 12 heteroatoms. The molecule has 0 unspecified atom stereocenters. The Bertz CT molecular complexity index is 1950. The molecular formula is C44H44O12. The van der Waals surface area contributed by atoms with Crippen LogP contribution in [-0.4, -0.2) is 63.4 Å². The van der Waals surface area contributed by atoms with Crippen LogP contribution in [0.5, 0.6) is 23.0 Å². The topological polar surface area (TPSA) is 150 Å². The average Bonchev–Trinajstić information content (AvgIpc) is 3.23. The van der Waals surface area contributed by atoms with E-state index in [1.807, 2.05) is 0 Å². The van der Waals surface area contributed by atoms with E-state index in [1.54, 1.807) is 72.8 Å². The number of hydrogen-bond donors (Lipinski definition) is 0.